The summed E-state index contributed by atoms with van der Waals surface area (Å²) in [5.41, 5.74) is 4.21. The van der Waals surface area contributed by atoms with Crippen LogP contribution in [0, 0.1) is 24.1 Å². The number of halogens is 2. The molecule has 0 radical (unpaired) electrons. The third-order valence-electron chi connectivity index (χ3n) is 5.13. The Kier molecular flexibility index (Phi) is 7.66. The number of aryl methyl sites for hydroxylation is 1. The SMILES string of the molecule is CCOc1cc(/C=C(/C#N)c2nc3ccc(C)cc3[nH]2)cc(Br)c1OCC(=O)Nc1ccc(F)cc1. The summed E-state index contributed by atoms with van der Waals surface area (Å²) >= 11 is 3.48. The Balaban J connectivity index is 1.56. The van der Waals surface area contributed by atoms with Gasteiger partial charge in [-0.3, -0.25) is 4.79 Å². The van der Waals surface area contributed by atoms with Crippen LogP contribution in [0.1, 0.15) is 23.9 Å². The lowest BCUT2D eigenvalue weighted by Gasteiger charge is -2.15. The molecule has 182 valence electrons. The first-order valence-corrected chi connectivity index (χ1v) is 11.9. The summed E-state index contributed by atoms with van der Waals surface area (Å²) in [4.78, 5) is 20.0. The number of fused-ring (bicyclic) bond motifs is 1. The number of nitrogens with zero attached hydrogens (tertiary/aromatic N) is 2. The lowest BCUT2D eigenvalue weighted by Crippen LogP contribution is -2.20. The normalized spacial score (nSPS) is 11.2. The highest BCUT2D eigenvalue weighted by Gasteiger charge is 2.15. The molecule has 9 heteroatoms. The van der Waals surface area contributed by atoms with E-state index >= 15 is 0 Å². The van der Waals surface area contributed by atoms with Crippen LogP contribution in [-0.4, -0.2) is 29.1 Å². The molecule has 0 fully saturated rings. The quantitative estimate of drug-likeness (QED) is 0.253. The van der Waals surface area contributed by atoms with Gasteiger partial charge in [-0.1, -0.05) is 6.07 Å². The number of amides is 1. The zero-order chi connectivity index (χ0) is 25.7. The third-order valence-corrected chi connectivity index (χ3v) is 5.72. The van der Waals surface area contributed by atoms with E-state index in [1.807, 2.05) is 32.0 Å². The number of imidazole rings is 1. The van der Waals surface area contributed by atoms with Gasteiger partial charge < -0.3 is 19.8 Å². The largest absolute Gasteiger partial charge is 0.490 e. The van der Waals surface area contributed by atoms with Gasteiger partial charge in [-0.15, -0.1) is 0 Å². The third kappa shape index (κ3) is 5.90. The Morgan fingerprint density at radius 2 is 1.97 bits per heavy atom. The fraction of sp³-hybridized carbons (Fsp3) is 0.148. The van der Waals surface area contributed by atoms with Crippen LogP contribution in [0.15, 0.2) is 59.1 Å². The molecule has 0 saturated carbocycles. The molecule has 0 spiro atoms. The first-order chi connectivity index (χ1) is 17.4. The number of ether oxygens (including phenoxy) is 2. The summed E-state index contributed by atoms with van der Waals surface area (Å²) in [6.45, 7) is 3.90. The van der Waals surface area contributed by atoms with E-state index in [0.717, 1.165) is 16.6 Å². The van der Waals surface area contributed by atoms with Crippen molar-refractivity contribution in [1.29, 1.82) is 5.26 Å². The van der Waals surface area contributed by atoms with Gasteiger partial charge in [0.05, 0.1) is 27.7 Å². The molecule has 0 aliphatic rings. The minimum Gasteiger partial charge on any atom is -0.490 e. The number of nitriles is 1. The molecule has 7 nitrogen and oxygen atoms in total. The molecule has 4 aromatic rings. The number of rotatable bonds is 8. The van der Waals surface area contributed by atoms with Gasteiger partial charge in [-0.05, 0) is 95.5 Å². The van der Waals surface area contributed by atoms with Crippen molar-refractivity contribution in [2.75, 3.05) is 18.5 Å². The maximum absolute atomic E-state index is 13.1. The summed E-state index contributed by atoms with van der Waals surface area (Å²) in [6, 6.07) is 17.0. The highest BCUT2D eigenvalue weighted by Crippen LogP contribution is 2.38. The van der Waals surface area contributed by atoms with Gasteiger partial charge >= 0.3 is 0 Å². The zero-order valence-corrected chi connectivity index (χ0v) is 21.1. The van der Waals surface area contributed by atoms with Crippen LogP contribution in [0.4, 0.5) is 10.1 Å². The van der Waals surface area contributed by atoms with E-state index in [1.54, 1.807) is 18.2 Å². The lowest BCUT2D eigenvalue weighted by molar-refractivity contribution is -0.118. The van der Waals surface area contributed by atoms with Crippen LogP contribution in [0.3, 0.4) is 0 Å². The Morgan fingerprint density at radius 1 is 1.19 bits per heavy atom. The fourth-order valence-corrected chi connectivity index (χ4v) is 4.09. The fourth-order valence-electron chi connectivity index (χ4n) is 3.51. The van der Waals surface area contributed by atoms with Gasteiger partial charge in [-0.25, -0.2) is 9.37 Å². The van der Waals surface area contributed by atoms with Crippen LogP contribution >= 0.6 is 15.9 Å². The first-order valence-electron chi connectivity index (χ1n) is 11.1. The summed E-state index contributed by atoms with van der Waals surface area (Å²) < 4.78 is 25.1. The van der Waals surface area contributed by atoms with Crippen molar-refractivity contribution in [3.63, 3.8) is 0 Å². The smallest absolute Gasteiger partial charge is 0.262 e. The molecule has 4 rings (SSSR count). The van der Waals surface area contributed by atoms with E-state index < -0.39 is 11.7 Å². The monoisotopic (exact) mass is 548 g/mol. The Labute approximate surface area is 215 Å². The Hall–Kier alpha value is -4.16. The molecule has 1 aromatic heterocycles. The summed E-state index contributed by atoms with van der Waals surface area (Å²) in [5, 5.41) is 12.4. The molecule has 0 saturated heterocycles. The minimum atomic E-state index is -0.410. The number of H-pyrrole nitrogens is 1. The standard InChI is InChI=1S/C27H22BrFN4O3/c1-3-35-24-13-17(11-18(14-30)27-32-22-9-4-16(2)10-23(22)33-27)12-21(28)26(24)36-15-25(34)31-20-7-5-19(29)6-8-20/h4-13H,3,15H2,1-2H3,(H,31,34)(H,32,33)/b18-11-. The van der Waals surface area contributed by atoms with Crippen molar-refractivity contribution in [2.24, 2.45) is 0 Å². The summed E-state index contributed by atoms with van der Waals surface area (Å²) in [5.74, 6) is 0.418. The second-order valence-corrected chi connectivity index (χ2v) is 8.74. The number of carbonyl (C=O) groups is 1. The Morgan fingerprint density at radius 3 is 2.69 bits per heavy atom. The second kappa shape index (κ2) is 11.1. The van der Waals surface area contributed by atoms with E-state index in [-0.39, 0.29) is 6.61 Å². The first kappa shape index (κ1) is 24.9. The number of hydrogen-bond donors (Lipinski definition) is 2. The number of allylic oxidation sites excluding steroid dienone is 1. The van der Waals surface area contributed by atoms with Gasteiger partial charge in [-0.2, -0.15) is 5.26 Å². The number of anilines is 1. The van der Waals surface area contributed by atoms with Crippen molar-refractivity contribution >= 4 is 50.2 Å². The highest BCUT2D eigenvalue weighted by molar-refractivity contribution is 9.10. The molecule has 0 atom stereocenters. The molecule has 3 aromatic carbocycles. The number of aromatic amines is 1. The average Bonchev–Trinajstić information content (AvgIpc) is 3.26. The van der Waals surface area contributed by atoms with E-state index in [1.165, 1.54) is 24.3 Å². The number of nitrogens with one attached hydrogen (secondary N) is 2. The van der Waals surface area contributed by atoms with Gasteiger partial charge in [0.25, 0.3) is 5.91 Å². The molecular weight excluding hydrogens is 527 g/mol. The number of aromatic nitrogens is 2. The van der Waals surface area contributed by atoms with Crippen LogP contribution in [-0.2, 0) is 4.79 Å². The maximum atomic E-state index is 13.1. The van der Waals surface area contributed by atoms with Crippen molar-refractivity contribution in [1.82, 2.24) is 9.97 Å². The van der Waals surface area contributed by atoms with Crippen LogP contribution in [0.2, 0.25) is 0 Å². The van der Waals surface area contributed by atoms with Crippen molar-refractivity contribution in [3.8, 4) is 17.6 Å². The molecule has 36 heavy (non-hydrogen) atoms. The summed E-state index contributed by atoms with van der Waals surface area (Å²) in [6.07, 6.45) is 1.70. The Bertz CT molecular complexity index is 1490. The predicted octanol–water partition coefficient (Wildman–Crippen LogP) is 6.25. The van der Waals surface area contributed by atoms with Gasteiger partial charge in [0.15, 0.2) is 18.1 Å². The molecule has 2 N–H and O–H groups in total. The van der Waals surface area contributed by atoms with E-state index in [9.17, 15) is 14.4 Å². The van der Waals surface area contributed by atoms with E-state index in [0.29, 0.717) is 45.2 Å². The zero-order valence-electron chi connectivity index (χ0n) is 19.6. The highest BCUT2D eigenvalue weighted by atomic mass is 79.9. The molecule has 1 heterocycles. The molecule has 0 unspecified atom stereocenters. The minimum absolute atomic E-state index is 0.285. The lowest BCUT2D eigenvalue weighted by atomic mass is 10.1. The molecular formula is C27H22BrFN4O3. The summed E-state index contributed by atoms with van der Waals surface area (Å²) in [7, 11) is 0. The topological polar surface area (TPSA) is 100 Å². The van der Waals surface area contributed by atoms with Crippen LogP contribution in [0.25, 0.3) is 22.7 Å². The average molecular weight is 549 g/mol. The number of carbonyl (C=O) groups excluding carboxylic acids is 1. The van der Waals surface area contributed by atoms with Gasteiger partial charge in [0.1, 0.15) is 17.7 Å². The van der Waals surface area contributed by atoms with Crippen molar-refractivity contribution in [3.05, 3.63) is 81.8 Å². The van der Waals surface area contributed by atoms with Crippen LogP contribution < -0.4 is 14.8 Å². The molecule has 0 aliphatic heterocycles. The predicted molar refractivity (Wildman–Crippen MR) is 140 cm³/mol. The van der Waals surface area contributed by atoms with Gasteiger partial charge in [0.2, 0.25) is 0 Å². The van der Waals surface area contributed by atoms with Crippen LogP contribution in [0.5, 0.6) is 11.5 Å². The molecule has 1 amide bonds. The number of benzene rings is 3. The van der Waals surface area contributed by atoms with E-state index in [4.69, 9.17) is 9.47 Å². The van der Waals surface area contributed by atoms with Gasteiger partial charge in [0, 0.05) is 5.69 Å². The molecule has 0 aliphatic carbocycles. The van der Waals surface area contributed by atoms with Crippen molar-refractivity contribution in [2.45, 2.75) is 13.8 Å². The second-order valence-electron chi connectivity index (χ2n) is 7.88. The molecule has 0 bridgehead atoms. The number of hydrogen-bond acceptors (Lipinski definition) is 5. The maximum Gasteiger partial charge on any atom is 0.262 e. The van der Waals surface area contributed by atoms with E-state index in [2.05, 4.69) is 37.3 Å². The van der Waals surface area contributed by atoms with Crippen molar-refractivity contribution < 1.29 is 18.7 Å².